The number of ketones is 3. The van der Waals surface area contributed by atoms with Crippen molar-refractivity contribution in [3.05, 3.63) is 56.9 Å². The molecule has 3 aromatic rings. The summed E-state index contributed by atoms with van der Waals surface area (Å²) in [5.74, 6) is -7.16. The van der Waals surface area contributed by atoms with Gasteiger partial charge >= 0.3 is 11.9 Å². The van der Waals surface area contributed by atoms with Gasteiger partial charge in [-0.2, -0.15) is 0 Å². The average Bonchev–Trinajstić information content (AvgIpc) is 3.43. The number of aromatic nitrogens is 2. The predicted octanol–water partition coefficient (Wildman–Crippen LogP) is 2.53. The van der Waals surface area contributed by atoms with Gasteiger partial charge in [0.25, 0.3) is 5.56 Å². The van der Waals surface area contributed by atoms with Gasteiger partial charge in [0.1, 0.15) is 29.7 Å². The molecule has 3 aliphatic rings. The molecule has 6 rings (SSSR count). The van der Waals surface area contributed by atoms with Gasteiger partial charge in [0.2, 0.25) is 6.29 Å². The van der Waals surface area contributed by atoms with E-state index in [0.717, 1.165) is 7.11 Å². The molecule has 0 spiro atoms. The lowest BCUT2D eigenvalue weighted by molar-refractivity contribution is -0.224. The second kappa shape index (κ2) is 12.0. The quantitative estimate of drug-likeness (QED) is 0.273. The third-order valence-corrected chi connectivity index (χ3v) is 9.72. The molecule has 0 unspecified atom stereocenters. The summed E-state index contributed by atoms with van der Waals surface area (Å²) in [7, 11) is 1.10. The molecule has 48 heavy (non-hydrogen) atoms. The third kappa shape index (κ3) is 4.95. The Hall–Kier alpha value is -4.75. The van der Waals surface area contributed by atoms with Crippen LogP contribution in [-0.2, 0) is 63.4 Å². The molecule has 6 atom stereocenters. The molecule has 5 heterocycles. The van der Waals surface area contributed by atoms with E-state index >= 15 is 0 Å². The molecule has 3 aliphatic heterocycles. The van der Waals surface area contributed by atoms with Crippen LogP contribution in [0.3, 0.4) is 0 Å². The first-order chi connectivity index (χ1) is 23.9. The highest BCUT2D eigenvalue weighted by Gasteiger charge is 2.55. The van der Waals surface area contributed by atoms with E-state index in [4.69, 9.17) is 28.0 Å². The van der Waals surface area contributed by atoms with Crippen LogP contribution in [0, 0.1) is 17.8 Å². The number of aliphatic hydroxyl groups is 1. The Balaban J connectivity index is 1.48. The summed E-state index contributed by atoms with van der Waals surface area (Å²) in [5, 5.41) is 11.6. The van der Waals surface area contributed by atoms with Crippen LogP contribution in [0.2, 0.25) is 0 Å². The van der Waals surface area contributed by atoms with Gasteiger partial charge in [0, 0.05) is 26.5 Å². The van der Waals surface area contributed by atoms with Crippen LogP contribution in [0.5, 0.6) is 5.75 Å². The SMILES string of the molecule is [2H]C([2H])([2H])Cc1c2c(nc3ccc(O[C@@H]4O[C@H](C(=O)OC)[C@@H](C(C)=O)[C@H](C(C)=O)[C@H]4C(C)=O)cc13)-c1cc3c(c(=O)n1C2)COC(=O)[C@]3(O)CC. The van der Waals surface area contributed by atoms with Gasteiger partial charge in [-0.3, -0.25) is 19.2 Å². The number of carbonyl (C=O) groups excluding carboxylic acids is 5. The van der Waals surface area contributed by atoms with Crippen LogP contribution in [0.15, 0.2) is 29.1 Å². The van der Waals surface area contributed by atoms with Crippen molar-refractivity contribution in [1.29, 1.82) is 0 Å². The number of hydrogen-bond acceptors (Lipinski definition) is 12. The topological polar surface area (TPSA) is 177 Å². The Morgan fingerprint density at radius 3 is 2.40 bits per heavy atom. The van der Waals surface area contributed by atoms with Gasteiger partial charge in [-0.05, 0) is 63.4 Å². The molecule has 0 bridgehead atoms. The standard InChI is InChI=1S/C35H36N2O11/c1-7-19-20-11-18(47-33-28(17(5)40)26(15(3)38)27(16(4)39)30(48-33)32(42)45-6)9-10-24(20)36-29-21(19)13-37-25(29)12-23-22(31(37)41)14-46-34(43)35(23,44)8-2/h9-12,26-28,30,33,44H,7-8,13-14H2,1-6H3/t26-,27-,28+,30-,33+,35-/m0/s1/i1D3. The molecular weight excluding hydrogens is 624 g/mol. The van der Waals surface area contributed by atoms with Crippen LogP contribution in [0.1, 0.15) is 67.3 Å². The van der Waals surface area contributed by atoms with E-state index in [-0.39, 0.29) is 36.4 Å². The van der Waals surface area contributed by atoms with E-state index in [9.17, 15) is 33.9 Å². The third-order valence-electron chi connectivity index (χ3n) is 9.72. The highest BCUT2D eigenvalue weighted by molar-refractivity contribution is 5.96. The summed E-state index contributed by atoms with van der Waals surface area (Å²) in [6.07, 6.45) is -3.55. The normalized spacial score (nSPS) is 27.0. The highest BCUT2D eigenvalue weighted by atomic mass is 16.7. The van der Waals surface area contributed by atoms with E-state index < -0.39 is 83.9 Å². The summed E-state index contributed by atoms with van der Waals surface area (Å²) >= 11 is 0. The molecule has 2 aromatic heterocycles. The molecule has 0 amide bonds. The second-order valence-electron chi connectivity index (χ2n) is 12.4. The Bertz CT molecular complexity index is 2090. The van der Waals surface area contributed by atoms with E-state index in [1.54, 1.807) is 6.92 Å². The number of benzene rings is 1. The molecule has 0 saturated carbocycles. The molecule has 1 aromatic carbocycles. The van der Waals surface area contributed by atoms with Crippen molar-refractivity contribution in [3.8, 4) is 17.1 Å². The molecule has 252 valence electrons. The van der Waals surface area contributed by atoms with E-state index in [0.29, 0.717) is 33.4 Å². The number of ether oxygens (including phenoxy) is 4. The fraction of sp³-hybridized carbons (Fsp3) is 0.457. The molecule has 1 N–H and O–H groups in total. The van der Waals surface area contributed by atoms with Crippen molar-refractivity contribution in [2.24, 2.45) is 17.8 Å². The Labute approximate surface area is 279 Å². The number of fused-ring (bicyclic) bond motifs is 5. The molecule has 0 aliphatic carbocycles. The maximum Gasteiger partial charge on any atom is 0.343 e. The van der Waals surface area contributed by atoms with Crippen LogP contribution < -0.4 is 10.3 Å². The number of carbonyl (C=O) groups is 5. The summed E-state index contributed by atoms with van der Waals surface area (Å²) in [6, 6.07) is 6.05. The summed E-state index contributed by atoms with van der Waals surface area (Å²) in [6.45, 7) is 2.35. The fourth-order valence-electron chi connectivity index (χ4n) is 7.28. The molecule has 13 heteroatoms. The smallest absolute Gasteiger partial charge is 0.343 e. The Morgan fingerprint density at radius 2 is 1.77 bits per heavy atom. The number of aryl methyl sites for hydroxylation is 1. The Morgan fingerprint density at radius 1 is 1.06 bits per heavy atom. The zero-order valence-corrected chi connectivity index (χ0v) is 26.9. The van der Waals surface area contributed by atoms with Gasteiger partial charge < -0.3 is 28.6 Å². The minimum atomic E-state index is -2.48. The number of nitrogens with zero attached hydrogens (tertiary/aromatic N) is 2. The van der Waals surface area contributed by atoms with Crippen LogP contribution in [0.4, 0.5) is 0 Å². The monoisotopic (exact) mass is 663 g/mol. The summed E-state index contributed by atoms with van der Waals surface area (Å²) < 4.78 is 47.9. The lowest BCUT2D eigenvalue weighted by atomic mass is 9.70. The van der Waals surface area contributed by atoms with Crippen molar-refractivity contribution in [1.82, 2.24) is 9.55 Å². The number of pyridine rings is 2. The largest absolute Gasteiger partial charge is 0.467 e. The van der Waals surface area contributed by atoms with Crippen LogP contribution >= 0.6 is 0 Å². The second-order valence-corrected chi connectivity index (χ2v) is 12.4. The number of rotatable bonds is 8. The van der Waals surface area contributed by atoms with Crippen molar-refractivity contribution >= 4 is 40.2 Å². The van der Waals surface area contributed by atoms with Crippen molar-refractivity contribution in [2.75, 3.05) is 7.11 Å². The molecule has 1 fully saturated rings. The van der Waals surface area contributed by atoms with Gasteiger partial charge in [-0.1, -0.05) is 13.8 Å². The number of esters is 2. The number of cyclic esters (lactones) is 1. The van der Waals surface area contributed by atoms with Crippen LogP contribution in [-0.4, -0.2) is 63.4 Å². The molecular formula is C35H36N2O11. The molecule has 1 saturated heterocycles. The Kier molecular flexibility index (Phi) is 7.38. The van der Waals surface area contributed by atoms with Crippen molar-refractivity contribution in [2.45, 2.75) is 78.5 Å². The first kappa shape index (κ1) is 29.4. The number of methoxy groups -OCH3 is 1. The van der Waals surface area contributed by atoms with Gasteiger partial charge in [0.05, 0.1) is 48.0 Å². The minimum absolute atomic E-state index is 0.0506. The number of hydrogen-bond donors (Lipinski definition) is 1. The fourth-order valence-corrected chi connectivity index (χ4v) is 7.28. The van der Waals surface area contributed by atoms with E-state index in [2.05, 4.69) is 0 Å². The van der Waals surface area contributed by atoms with E-state index in [1.807, 2.05) is 0 Å². The minimum Gasteiger partial charge on any atom is -0.467 e. The van der Waals surface area contributed by atoms with Crippen LogP contribution in [0.25, 0.3) is 22.3 Å². The summed E-state index contributed by atoms with van der Waals surface area (Å²) in [5.41, 5.74) is -0.641. The maximum atomic E-state index is 13.8. The maximum absolute atomic E-state index is 13.8. The van der Waals surface area contributed by atoms with Gasteiger partial charge in [-0.25, -0.2) is 14.6 Å². The lowest BCUT2D eigenvalue weighted by Gasteiger charge is -2.42. The average molecular weight is 664 g/mol. The van der Waals surface area contributed by atoms with Crippen molar-refractivity contribution in [3.63, 3.8) is 0 Å². The van der Waals surface area contributed by atoms with E-state index in [1.165, 1.54) is 49.6 Å². The number of Topliss-reactive ketones (excluding diaryl/α,β-unsaturated/α-hetero) is 3. The molecule has 13 nitrogen and oxygen atoms in total. The first-order valence-corrected chi connectivity index (χ1v) is 15.5. The zero-order valence-electron chi connectivity index (χ0n) is 29.9. The zero-order chi connectivity index (χ0) is 37.3. The highest BCUT2D eigenvalue weighted by Crippen LogP contribution is 2.42. The van der Waals surface area contributed by atoms with Crippen molar-refractivity contribution < 1.29 is 52.1 Å². The first-order valence-electron chi connectivity index (χ1n) is 17.0. The van der Waals surface area contributed by atoms with Gasteiger partial charge in [-0.15, -0.1) is 0 Å². The summed E-state index contributed by atoms with van der Waals surface area (Å²) in [4.78, 5) is 82.6. The predicted molar refractivity (Wildman–Crippen MR) is 168 cm³/mol. The lowest BCUT2D eigenvalue weighted by Crippen LogP contribution is -2.58. The van der Waals surface area contributed by atoms with Gasteiger partial charge in [0.15, 0.2) is 11.7 Å². The molecule has 0 radical (unpaired) electrons.